The van der Waals surface area contributed by atoms with Gasteiger partial charge in [0.05, 0.1) is 5.92 Å². The summed E-state index contributed by atoms with van der Waals surface area (Å²) in [6.07, 6.45) is 3.39. The maximum atomic E-state index is 11.8. The molecule has 8 nitrogen and oxygen atoms in total. The van der Waals surface area contributed by atoms with Gasteiger partial charge in [0.15, 0.2) is 5.65 Å². The van der Waals surface area contributed by atoms with Crippen LogP contribution in [0.3, 0.4) is 0 Å². The van der Waals surface area contributed by atoms with Gasteiger partial charge < -0.3 is 5.11 Å². The van der Waals surface area contributed by atoms with Crippen LogP contribution in [-0.4, -0.2) is 37.5 Å². The Morgan fingerprint density at radius 2 is 2.25 bits per heavy atom. The van der Waals surface area contributed by atoms with Crippen molar-refractivity contribution < 1.29 is 19.5 Å². The van der Waals surface area contributed by atoms with Crippen molar-refractivity contribution in [3.63, 3.8) is 0 Å². The first-order valence-electron chi connectivity index (χ1n) is 5.96. The number of piperidine rings is 1. The standard InChI is InChI=1S/C12H10N4O4/c17-9-2-1-7(11(18)15-9)6-3-8(12(19)20)10-13-5-14-16(10)4-6/h3-5,7H,1-2H2,(H,19,20)(H,15,17,18). The molecule has 0 aromatic carbocycles. The van der Waals surface area contributed by atoms with E-state index in [0.717, 1.165) is 0 Å². The van der Waals surface area contributed by atoms with E-state index in [9.17, 15) is 19.5 Å². The van der Waals surface area contributed by atoms with Gasteiger partial charge in [-0.1, -0.05) is 0 Å². The molecule has 2 amide bonds. The lowest BCUT2D eigenvalue weighted by molar-refractivity contribution is -0.134. The van der Waals surface area contributed by atoms with E-state index >= 15 is 0 Å². The highest BCUT2D eigenvalue weighted by atomic mass is 16.4. The summed E-state index contributed by atoms with van der Waals surface area (Å²) in [4.78, 5) is 38.1. The number of amides is 2. The predicted molar refractivity (Wildman–Crippen MR) is 65.1 cm³/mol. The lowest BCUT2D eigenvalue weighted by Crippen LogP contribution is -2.39. The highest BCUT2D eigenvalue weighted by Crippen LogP contribution is 2.26. The number of hydrogen-bond acceptors (Lipinski definition) is 5. The van der Waals surface area contributed by atoms with E-state index in [2.05, 4.69) is 15.4 Å². The van der Waals surface area contributed by atoms with Gasteiger partial charge in [-0.05, 0) is 18.1 Å². The second-order valence-corrected chi connectivity index (χ2v) is 4.52. The Balaban J connectivity index is 2.10. The Labute approximate surface area is 112 Å². The van der Waals surface area contributed by atoms with Crippen LogP contribution in [0.5, 0.6) is 0 Å². The Bertz CT molecular complexity index is 736. The zero-order valence-electron chi connectivity index (χ0n) is 10.2. The topological polar surface area (TPSA) is 114 Å². The molecule has 0 radical (unpaired) electrons. The first kappa shape index (κ1) is 12.3. The fourth-order valence-corrected chi connectivity index (χ4v) is 2.31. The van der Waals surface area contributed by atoms with Gasteiger partial charge in [-0.2, -0.15) is 5.10 Å². The van der Waals surface area contributed by atoms with Crippen molar-refractivity contribution in [2.75, 3.05) is 0 Å². The second-order valence-electron chi connectivity index (χ2n) is 4.52. The van der Waals surface area contributed by atoms with Gasteiger partial charge in [-0.25, -0.2) is 14.3 Å². The lowest BCUT2D eigenvalue weighted by Gasteiger charge is -2.21. The molecule has 0 aliphatic carbocycles. The zero-order chi connectivity index (χ0) is 14.3. The van der Waals surface area contributed by atoms with Gasteiger partial charge >= 0.3 is 5.97 Å². The Morgan fingerprint density at radius 1 is 1.45 bits per heavy atom. The van der Waals surface area contributed by atoms with Crippen LogP contribution in [0.1, 0.15) is 34.7 Å². The molecule has 1 unspecified atom stereocenters. The van der Waals surface area contributed by atoms with Crippen LogP contribution >= 0.6 is 0 Å². The van der Waals surface area contributed by atoms with Gasteiger partial charge in [0, 0.05) is 12.6 Å². The molecule has 1 atom stereocenters. The molecule has 0 bridgehead atoms. The minimum atomic E-state index is -1.14. The van der Waals surface area contributed by atoms with E-state index in [0.29, 0.717) is 12.0 Å². The lowest BCUT2D eigenvalue weighted by atomic mass is 9.91. The van der Waals surface area contributed by atoms with Crippen LogP contribution in [0.15, 0.2) is 18.6 Å². The van der Waals surface area contributed by atoms with Crippen LogP contribution in [0.25, 0.3) is 5.65 Å². The van der Waals surface area contributed by atoms with Gasteiger partial charge in [0.1, 0.15) is 11.9 Å². The highest BCUT2D eigenvalue weighted by Gasteiger charge is 2.29. The highest BCUT2D eigenvalue weighted by molar-refractivity contribution is 6.01. The Kier molecular flexibility index (Phi) is 2.70. The molecular weight excluding hydrogens is 264 g/mol. The number of aromatic carboxylic acids is 1. The average Bonchev–Trinajstić information content (AvgIpc) is 2.85. The van der Waals surface area contributed by atoms with Gasteiger partial charge in [-0.15, -0.1) is 0 Å². The Hall–Kier alpha value is -2.77. The van der Waals surface area contributed by atoms with Crippen molar-refractivity contribution in [2.24, 2.45) is 0 Å². The fraction of sp³-hybridized carbons (Fsp3) is 0.250. The minimum absolute atomic E-state index is 0.0234. The number of carbonyl (C=O) groups is 3. The van der Waals surface area contributed by atoms with E-state index in [4.69, 9.17) is 0 Å². The molecule has 2 aromatic heterocycles. The number of pyridine rings is 1. The summed E-state index contributed by atoms with van der Waals surface area (Å²) in [5, 5.41) is 15.3. The van der Waals surface area contributed by atoms with E-state index in [1.165, 1.54) is 16.9 Å². The van der Waals surface area contributed by atoms with E-state index in [1.54, 1.807) is 6.20 Å². The van der Waals surface area contributed by atoms with Crippen LogP contribution in [-0.2, 0) is 9.59 Å². The molecule has 1 aliphatic heterocycles. The average molecular weight is 274 g/mol. The van der Waals surface area contributed by atoms with Crippen molar-refractivity contribution in [1.82, 2.24) is 19.9 Å². The summed E-state index contributed by atoms with van der Waals surface area (Å²) < 4.78 is 1.32. The number of aromatic nitrogens is 3. The van der Waals surface area contributed by atoms with Crippen molar-refractivity contribution in [1.29, 1.82) is 0 Å². The third kappa shape index (κ3) is 1.91. The SMILES string of the molecule is O=C1CCC(c2cc(C(=O)O)c3ncnn3c2)C(=O)N1. The third-order valence-corrected chi connectivity index (χ3v) is 3.27. The normalized spacial score (nSPS) is 19.1. The van der Waals surface area contributed by atoms with Crippen LogP contribution in [0.4, 0.5) is 0 Å². The summed E-state index contributed by atoms with van der Waals surface area (Å²) in [6, 6.07) is 1.41. The fourth-order valence-electron chi connectivity index (χ4n) is 2.31. The van der Waals surface area contributed by atoms with Crippen molar-refractivity contribution in [3.05, 3.63) is 29.7 Å². The molecule has 0 saturated carbocycles. The van der Waals surface area contributed by atoms with Crippen molar-refractivity contribution in [2.45, 2.75) is 18.8 Å². The molecule has 2 N–H and O–H groups in total. The number of carbonyl (C=O) groups excluding carboxylic acids is 2. The molecule has 1 fully saturated rings. The van der Waals surface area contributed by atoms with E-state index in [1.807, 2.05) is 0 Å². The second kappa shape index (κ2) is 4.41. The quantitative estimate of drug-likeness (QED) is 0.742. The van der Waals surface area contributed by atoms with Crippen molar-refractivity contribution >= 4 is 23.4 Å². The van der Waals surface area contributed by atoms with Crippen LogP contribution in [0.2, 0.25) is 0 Å². The first-order chi connectivity index (χ1) is 9.56. The van der Waals surface area contributed by atoms with Gasteiger partial charge in [0.25, 0.3) is 0 Å². The van der Waals surface area contributed by atoms with Crippen LogP contribution < -0.4 is 5.32 Å². The summed E-state index contributed by atoms with van der Waals surface area (Å²) in [6.45, 7) is 0. The Morgan fingerprint density at radius 3 is 2.95 bits per heavy atom. The molecule has 3 rings (SSSR count). The third-order valence-electron chi connectivity index (χ3n) is 3.27. The van der Waals surface area contributed by atoms with Crippen molar-refractivity contribution in [3.8, 4) is 0 Å². The number of imide groups is 1. The number of carboxylic acids is 1. The number of hydrogen-bond donors (Lipinski definition) is 2. The molecule has 3 heterocycles. The number of nitrogens with one attached hydrogen (secondary N) is 1. The summed E-state index contributed by atoms with van der Waals surface area (Å²) in [7, 11) is 0. The molecule has 8 heteroatoms. The molecule has 20 heavy (non-hydrogen) atoms. The van der Waals surface area contributed by atoms with Crippen LogP contribution in [0, 0.1) is 0 Å². The maximum Gasteiger partial charge on any atom is 0.339 e. The molecule has 1 saturated heterocycles. The zero-order valence-corrected chi connectivity index (χ0v) is 10.2. The molecule has 2 aromatic rings. The number of fused-ring (bicyclic) bond motifs is 1. The van der Waals surface area contributed by atoms with Gasteiger partial charge in [-0.3, -0.25) is 14.9 Å². The number of rotatable bonds is 2. The largest absolute Gasteiger partial charge is 0.478 e. The number of carboxylic acid groups (broad SMARTS) is 1. The molecule has 1 aliphatic rings. The number of nitrogens with zero attached hydrogens (tertiary/aromatic N) is 3. The summed E-state index contributed by atoms with van der Waals surface area (Å²) in [5.41, 5.74) is 0.698. The molecule has 102 valence electrons. The summed E-state index contributed by atoms with van der Waals surface area (Å²) >= 11 is 0. The van der Waals surface area contributed by atoms with Gasteiger partial charge in [0.2, 0.25) is 11.8 Å². The first-order valence-corrected chi connectivity index (χ1v) is 5.96. The molecular formula is C12H10N4O4. The van der Waals surface area contributed by atoms with E-state index in [-0.39, 0.29) is 23.5 Å². The van der Waals surface area contributed by atoms with E-state index < -0.39 is 17.8 Å². The summed E-state index contributed by atoms with van der Waals surface area (Å²) in [5.74, 6) is -2.43. The smallest absolute Gasteiger partial charge is 0.339 e. The minimum Gasteiger partial charge on any atom is -0.478 e. The molecule has 0 spiro atoms. The predicted octanol–water partition coefficient (Wildman–Crippen LogP) is -0.0523. The maximum absolute atomic E-state index is 11.8. The monoisotopic (exact) mass is 274 g/mol.